The molecule has 1 aliphatic rings. The first-order valence-electron chi connectivity index (χ1n) is 19.9. The summed E-state index contributed by atoms with van der Waals surface area (Å²) in [5, 5.41) is 25.4. The average Bonchev–Trinajstić information content (AvgIpc) is 3.33. The van der Waals surface area contributed by atoms with Gasteiger partial charge < -0.3 is 28.4 Å². The van der Waals surface area contributed by atoms with Crippen molar-refractivity contribution in [1.82, 2.24) is 0 Å². The lowest BCUT2D eigenvalue weighted by atomic mass is 9.75. The maximum Gasteiger partial charge on any atom is 0.314 e. The molecule has 0 amide bonds. The van der Waals surface area contributed by atoms with E-state index < -0.39 is 35.7 Å². The van der Waals surface area contributed by atoms with Crippen LogP contribution in [0.5, 0.6) is 34.5 Å². The molecule has 0 radical (unpaired) electrons. The number of hydrogen-bond donors (Lipinski definition) is 0. The molecule has 6 aromatic rings. The van der Waals surface area contributed by atoms with E-state index in [9.17, 15) is 14.4 Å². The molecule has 15 heteroatoms. The number of benzene rings is 6. The van der Waals surface area contributed by atoms with Crippen molar-refractivity contribution < 1.29 is 42.8 Å². The van der Waals surface area contributed by atoms with Crippen molar-refractivity contribution in [3.05, 3.63) is 146 Å². The monoisotopic (exact) mass is 846 g/mol. The Balaban J connectivity index is 1.01. The van der Waals surface area contributed by atoms with Gasteiger partial charge in [0, 0.05) is 0 Å². The summed E-state index contributed by atoms with van der Waals surface area (Å²) in [7, 11) is 4.76. The summed E-state index contributed by atoms with van der Waals surface area (Å²) in [4.78, 5) is 41.1. The molecule has 63 heavy (non-hydrogen) atoms. The van der Waals surface area contributed by atoms with Crippen LogP contribution in [0.4, 0.5) is 34.1 Å². The van der Waals surface area contributed by atoms with Gasteiger partial charge in [-0.1, -0.05) is 0 Å². The van der Waals surface area contributed by atoms with Crippen LogP contribution in [-0.4, -0.2) is 39.2 Å². The van der Waals surface area contributed by atoms with Gasteiger partial charge in [-0.05, 0) is 165 Å². The summed E-state index contributed by atoms with van der Waals surface area (Å²) in [6.07, 6.45) is 0.285. The number of rotatable bonds is 15. The van der Waals surface area contributed by atoms with Crippen LogP contribution < -0.4 is 28.4 Å². The van der Waals surface area contributed by atoms with E-state index in [0.29, 0.717) is 51.4 Å². The maximum absolute atomic E-state index is 13.7. The predicted molar refractivity (Wildman–Crippen MR) is 232 cm³/mol. The molecule has 318 valence electrons. The lowest BCUT2D eigenvalue weighted by Gasteiger charge is -2.31. The van der Waals surface area contributed by atoms with Gasteiger partial charge in [-0.3, -0.25) is 14.4 Å². The summed E-state index contributed by atoms with van der Waals surface area (Å²) in [6.45, 7) is 0. The molecule has 0 saturated heterocycles. The molecule has 1 aliphatic carbocycles. The third kappa shape index (κ3) is 12.3. The van der Waals surface area contributed by atoms with Crippen molar-refractivity contribution >= 4 is 52.0 Å². The van der Waals surface area contributed by atoms with E-state index in [-0.39, 0.29) is 36.5 Å². The smallest absolute Gasteiger partial charge is 0.314 e. The van der Waals surface area contributed by atoms with Gasteiger partial charge in [0.15, 0.2) is 0 Å². The largest absolute Gasteiger partial charge is 0.497 e. The number of nitrogens with zero attached hydrogens (tertiary/aromatic N) is 6. The Kier molecular flexibility index (Phi) is 14.3. The van der Waals surface area contributed by atoms with Crippen molar-refractivity contribution in [2.75, 3.05) is 21.3 Å². The zero-order valence-corrected chi connectivity index (χ0v) is 34.6. The normalized spacial score (nSPS) is 16.1. The van der Waals surface area contributed by atoms with Crippen LogP contribution in [0.3, 0.4) is 0 Å². The Morgan fingerprint density at radius 1 is 0.317 bits per heavy atom. The van der Waals surface area contributed by atoms with Crippen LogP contribution in [0.15, 0.2) is 176 Å². The first-order valence-corrected chi connectivity index (χ1v) is 19.9. The topological polar surface area (TPSA) is 181 Å². The van der Waals surface area contributed by atoms with Gasteiger partial charge >= 0.3 is 17.9 Å². The van der Waals surface area contributed by atoms with Gasteiger partial charge in [-0.15, -0.1) is 0 Å². The van der Waals surface area contributed by atoms with Gasteiger partial charge in [0.1, 0.15) is 34.5 Å². The molecule has 0 aliphatic heterocycles. The zero-order chi connectivity index (χ0) is 44.0. The van der Waals surface area contributed by atoms with Gasteiger partial charge in [0.05, 0.1) is 73.2 Å². The summed E-state index contributed by atoms with van der Waals surface area (Å²) >= 11 is 0. The molecular weight excluding hydrogens is 805 g/mol. The van der Waals surface area contributed by atoms with E-state index in [1.54, 1.807) is 167 Å². The van der Waals surface area contributed by atoms with Crippen molar-refractivity contribution in [3.63, 3.8) is 0 Å². The molecule has 0 unspecified atom stereocenters. The van der Waals surface area contributed by atoms with E-state index >= 15 is 0 Å². The third-order valence-corrected chi connectivity index (χ3v) is 9.93. The van der Waals surface area contributed by atoms with Gasteiger partial charge in [0.2, 0.25) is 0 Å². The van der Waals surface area contributed by atoms with Crippen LogP contribution in [0.25, 0.3) is 0 Å². The van der Waals surface area contributed by atoms with Crippen molar-refractivity contribution in [3.8, 4) is 34.5 Å². The molecule has 0 heterocycles. The lowest BCUT2D eigenvalue weighted by molar-refractivity contribution is -0.150. The molecule has 0 bridgehead atoms. The van der Waals surface area contributed by atoms with Crippen LogP contribution >= 0.6 is 0 Å². The van der Waals surface area contributed by atoms with Crippen LogP contribution in [-0.2, 0) is 14.4 Å². The van der Waals surface area contributed by atoms with Crippen LogP contribution in [0.2, 0.25) is 0 Å². The van der Waals surface area contributed by atoms with Crippen molar-refractivity contribution in [2.45, 2.75) is 19.3 Å². The van der Waals surface area contributed by atoms with E-state index in [1.165, 1.54) is 0 Å². The van der Waals surface area contributed by atoms with Gasteiger partial charge in [-0.2, -0.15) is 30.7 Å². The fourth-order valence-corrected chi connectivity index (χ4v) is 6.53. The first-order chi connectivity index (χ1) is 30.7. The number of carbonyl (C=O) groups is 3. The number of carbonyl (C=O) groups excluding carboxylic acids is 3. The van der Waals surface area contributed by atoms with Crippen molar-refractivity contribution in [2.24, 2.45) is 48.4 Å². The number of azo groups is 3. The molecule has 0 spiro atoms. The standard InChI is InChI=1S/C48H42N6O9/c1-58-40-16-4-34(5-17-40)49-52-37-10-22-43(23-11-37)61-46(55)31-28-32(47(56)62-44-24-12-38(13-25-44)53-50-35-6-18-41(59-2)19-7-35)30-33(29-31)48(57)63-45-26-14-39(15-27-45)54-51-36-8-20-42(60-3)21-9-36/h4-27,31-33H,28-30H2,1-3H3. The zero-order valence-electron chi connectivity index (χ0n) is 34.6. The Morgan fingerprint density at radius 3 is 0.667 bits per heavy atom. The minimum atomic E-state index is -0.829. The fraction of sp³-hybridized carbons (Fsp3) is 0.188. The van der Waals surface area contributed by atoms with Gasteiger partial charge in [0.25, 0.3) is 0 Å². The predicted octanol–water partition coefficient (Wildman–Crippen LogP) is 12.1. The molecule has 1 saturated carbocycles. The molecule has 0 atom stereocenters. The number of hydrogen-bond acceptors (Lipinski definition) is 15. The molecule has 1 fully saturated rings. The molecule has 0 N–H and O–H groups in total. The van der Waals surface area contributed by atoms with Crippen molar-refractivity contribution in [1.29, 1.82) is 0 Å². The first kappa shape index (κ1) is 43.0. The van der Waals surface area contributed by atoms with E-state index in [4.69, 9.17) is 28.4 Å². The quantitative estimate of drug-likeness (QED) is 0.0552. The Morgan fingerprint density at radius 2 is 0.492 bits per heavy atom. The highest BCUT2D eigenvalue weighted by molar-refractivity contribution is 5.83. The summed E-state index contributed by atoms with van der Waals surface area (Å²) in [5.41, 5.74) is 3.52. The third-order valence-electron chi connectivity index (χ3n) is 9.93. The lowest BCUT2D eigenvalue weighted by Crippen LogP contribution is -2.39. The van der Waals surface area contributed by atoms with Gasteiger partial charge in [-0.25, -0.2) is 0 Å². The SMILES string of the molecule is COc1ccc(N=Nc2ccc(OC(=O)C3CC(C(=O)Oc4ccc(N=Nc5ccc(OC)cc5)cc4)CC(C(=O)Oc4ccc(N=Nc5ccc(OC)cc5)cc4)C3)cc2)cc1. The fourth-order valence-electron chi connectivity index (χ4n) is 6.53. The Hall–Kier alpha value is -8.07. The second kappa shape index (κ2) is 20.9. The molecule has 6 aromatic carbocycles. The van der Waals surface area contributed by atoms with Crippen LogP contribution in [0, 0.1) is 17.8 Å². The summed E-state index contributed by atoms with van der Waals surface area (Å²) in [6, 6.07) is 40.9. The second-order valence-electron chi connectivity index (χ2n) is 14.2. The summed E-state index contributed by atoms with van der Waals surface area (Å²) < 4.78 is 32.8. The number of methoxy groups -OCH3 is 3. The molecular formula is C48H42N6O9. The minimum absolute atomic E-state index is 0.0949. The maximum atomic E-state index is 13.7. The Labute approximate surface area is 363 Å². The average molecular weight is 847 g/mol. The summed E-state index contributed by atoms with van der Waals surface area (Å²) in [5.74, 6) is -1.38. The van der Waals surface area contributed by atoms with Crippen LogP contribution in [0.1, 0.15) is 19.3 Å². The highest BCUT2D eigenvalue weighted by Gasteiger charge is 2.41. The molecule has 7 rings (SSSR count). The minimum Gasteiger partial charge on any atom is -0.497 e. The molecule has 0 aromatic heterocycles. The number of ether oxygens (including phenoxy) is 6. The Bertz CT molecular complexity index is 2270. The van der Waals surface area contributed by atoms with E-state index in [2.05, 4.69) is 30.7 Å². The van der Waals surface area contributed by atoms with E-state index in [0.717, 1.165) is 0 Å². The highest BCUT2D eigenvalue weighted by atomic mass is 16.5. The second-order valence-corrected chi connectivity index (χ2v) is 14.2. The molecule has 15 nitrogen and oxygen atoms in total. The highest BCUT2D eigenvalue weighted by Crippen LogP contribution is 2.37. The number of esters is 3. The van der Waals surface area contributed by atoms with E-state index in [1.807, 2.05) is 0 Å².